The highest BCUT2D eigenvalue weighted by Crippen LogP contribution is 2.42. The maximum atomic E-state index is 12.6. The third kappa shape index (κ3) is 6.27. The first-order valence-corrected chi connectivity index (χ1v) is 5.46. The van der Waals surface area contributed by atoms with Crippen LogP contribution in [-0.4, -0.2) is 35.6 Å². The lowest BCUT2D eigenvalue weighted by Crippen LogP contribution is -2.49. The van der Waals surface area contributed by atoms with E-state index in [0.29, 0.717) is 0 Å². The van der Waals surface area contributed by atoms with Gasteiger partial charge in [-0.2, -0.15) is 26.3 Å². The van der Waals surface area contributed by atoms with Crippen LogP contribution in [0.3, 0.4) is 0 Å². The number of hydrogen-bond acceptors (Lipinski definition) is 3. The molecule has 0 spiro atoms. The number of esters is 1. The van der Waals surface area contributed by atoms with Crippen LogP contribution in [0, 0.1) is 5.92 Å². The first-order chi connectivity index (χ1) is 8.81. The van der Waals surface area contributed by atoms with Gasteiger partial charge in [0.05, 0.1) is 13.0 Å². The summed E-state index contributed by atoms with van der Waals surface area (Å²) in [6.45, 7) is 3.62. The van der Waals surface area contributed by atoms with Crippen molar-refractivity contribution >= 4 is 5.97 Å². The van der Waals surface area contributed by atoms with Crippen molar-refractivity contribution in [3.05, 3.63) is 12.7 Å². The summed E-state index contributed by atoms with van der Waals surface area (Å²) in [7, 11) is 0. The molecule has 0 aliphatic heterocycles. The first-order valence-electron chi connectivity index (χ1n) is 5.46. The quantitative estimate of drug-likeness (QED) is 0.466. The molecule has 0 bridgehead atoms. The molecule has 0 aromatic heterocycles. The van der Waals surface area contributed by atoms with Gasteiger partial charge in [-0.3, -0.25) is 0 Å². The van der Waals surface area contributed by atoms with Gasteiger partial charge in [-0.15, -0.1) is 0 Å². The molecule has 0 radical (unpaired) electrons. The molecule has 0 aromatic carbocycles. The topological polar surface area (TPSA) is 46.5 Å². The number of ether oxygens (including phenoxy) is 1. The highest BCUT2D eigenvalue weighted by atomic mass is 19.4. The van der Waals surface area contributed by atoms with Crippen LogP contribution in [0.2, 0.25) is 0 Å². The lowest BCUT2D eigenvalue weighted by atomic mass is 9.88. The van der Waals surface area contributed by atoms with Crippen LogP contribution in [0.15, 0.2) is 12.7 Å². The van der Waals surface area contributed by atoms with Gasteiger partial charge < -0.3 is 9.84 Å². The van der Waals surface area contributed by atoms with Gasteiger partial charge in [0.2, 0.25) is 0 Å². The summed E-state index contributed by atoms with van der Waals surface area (Å²) in [4.78, 5) is 10.7. The van der Waals surface area contributed by atoms with E-state index >= 15 is 0 Å². The van der Waals surface area contributed by atoms with E-state index in [1.54, 1.807) is 0 Å². The standard InChI is InChI=1S/C11H14F6O3/c1-3-8(18)20-5-7(2)4-9(19,11(15,16)17)6-10(12,13)14/h3,7,19H,1,4-6H2,2H3. The van der Waals surface area contributed by atoms with Crippen molar-refractivity contribution in [3.63, 3.8) is 0 Å². The van der Waals surface area contributed by atoms with Gasteiger partial charge in [0.1, 0.15) is 0 Å². The number of aliphatic hydroxyl groups is 1. The van der Waals surface area contributed by atoms with Crippen molar-refractivity contribution in [3.8, 4) is 0 Å². The number of carbonyl (C=O) groups is 1. The van der Waals surface area contributed by atoms with Gasteiger partial charge in [-0.25, -0.2) is 4.79 Å². The average Bonchev–Trinajstić information content (AvgIpc) is 2.21. The highest BCUT2D eigenvalue weighted by molar-refractivity contribution is 5.81. The summed E-state index contributed by atoms with van der Waals surface area (Å²) >= 11 is 0. The zero-order valence-corrected chi connectivity index (χ0v) is 10.5. The molecule has 2 unspecified atom stereocenters. The number of halogens is 6. The minimum absolute atomic E-state index is 0.554. The maximum absolute atomic E-state index is 12.6. The second-order valence-electron chi connectivity index (χ2n) is 4.46. The molecule has 0 aliphatic carbocycles. The normalized spacial score (nSPS) is 17.2. The van der Waals surface area contributed by atoms with Crippen molar-refractivity contribution in [2.45, 2.75) is 37.7 Å². The molecule has 0 rings (SSSR count). The third-order valence-corrected chi connectivity index (χ3v) is 2.38. The SMILES string of the molecule is C=CC(=O)OCC(C)CC(O)(CC(F)(F)F)C(F)(F)F. The van der Waals surface area contributed by atoms with E-state index in [9.17, 15) is 36.2 Å². The highest BCUT2D eigenvalue weighted by Gasteiger charge is 2.58. The van der Waals surface area contributed by atoms with Crippen molar-refractivity contribution in [2.75, 3.05) is 6.61 Å². The lowest BCUT2D eigenvalue weighted by molar-refractivity contribution is -0.299. The molecule has 3 nitrogen and oxygen atoms in total. The van der Waals surface area contributed by atoms with Crippen LogP contribution >= 0.6 is 0 Å². The summed E-state index contributed by atoms with van der Waals surface area (Å²) in [5.74, 6) is -2.03. The third-order valence-electron chi connectivity index (χ3n) is 2.38. The molecule has 118 valence electrons. The van der Waals surface area contributed by atoms with Crippen molar-refractivity contribution < 1.29 is 41.0 Å². The Morgan fingerprint density at radius 3 is 2.15 bits per heavy atom. The Balaban J connectivity index is 4.82. The fraction of sp³-hybridized carbons (Fsp3) is 0.727. The minimum atomic E-state index is -5.45. The average molecular weight is 308 g/mol. The van der Waals surface area contributed by atoms with E-state index in [2.05, 4.69) is 11.3 Å². The molecule has 0 aliphatic rings. The van der Waals surface area contributed by atoms with Crippen molar-refractivity contribution in [2.24, 2.45) is 5.92 Å². The number of carbonyl (C=O) groups excluding carboxylic acids is 1. The van der Waals surface area contributed by atoms with E-state index < -0.39 is 49.3 Å². The van der Waals surface area contributed by atoms with Gasteiger partial charge in [0.15, 0.2) is 5.60 Å². The molecule has 9 heteroatoms. The fourth-order valence-electron chi connectivity index (χ4n) is 1.54. The Morgan fingerprint density at radius 2 is 1.80 bits per heavy atom. The van der Waals surface area contributed by atoms with E-state index in [0.717, 1.165) is 13.0 Å². The van der Waals surface area contributed by atoms with Gasteiger partial charge in [-0.1, -0.05) is 13.5 Å². The second kappa shape index (κ2) is 6.47. The van der Waals surface area contributed by atoms with Gasteiger partial charge in [0.25, 0.3) is 0 Å². The van der Waals surface area contributed by atoms with E-state index in [-0.39, 0.29) is 0 Å². The van der Waals surface area contributed by atoms with Crippen LogP contribution in [0.4, 0.5) is 26.3 Å². The van der Waals surface area contributed by atoms with Gasteiger partial charge in [-0.05, 0) is 12.3 Å². The van der Waals surface area contributed by atoms with E-state index in [1.807, 2.05) is 0 Å². The largest absolute Gasteiger partial charge is 0.462 e. The predicted octanol–water partition coefficient (Wildman–Crippen LogP) is 2.99. The lowest BCUT2D eigenvalue weighted by Gasteiger charge is -2.33. The van der Waals surface area contributed by atoms with Crippen molar-refractivity contribution in [1.82, 2.24) is 0 Å². The van der Waals surface area contributed by atoms with Crippen LogP contribution in [-0.2, 0) is 9.53 Å². The minimum Gasteiger partial charge on any atom is -0.462 e. The Hall–Kier alpha value is -1.25. The number of alkyl halides is 6. The number of hydrogen-bond donors (Lipinski definition) is 1. The zero-order valence-electron chi connectivity index (χ0n) is 10.5. The van der Waals surface area contributed by atoms with Crippen LogP contribution < -0.4 is 0 Å². The Morgan fingerprint density at radius 1 is 1.30 bits per heavy atom. The van der Waals surface area contributed by atoms with Crippen LogP contribution in [0.25, 0.3) is 0 Å². The molecule has 0 saturated carbocycles. The molecule has 0 heterocycles. The zero-order chi connectivity index (χ0) is 16.2. The molecule has 0 saturated heterocycles. The summed E-state index contributed by atoms with van der Waals surface area (Å²) in [6, 6.07) is 0. The van der Waals surface area contributed by atoms with Crippen molar-refractivity contribution in [1.29, 1.82) is 0 Å². The summed E-state index contributed by atoms with van der Waals surface area (Å²) < 4.78 is 78.6. The molecule has 20 heavy (non-hydrogen) atoms. The summed E-state index contributed by atoms with van der Waals surface area (Å²) in [5.41, 5.74) is -3.91. The summed E-state index contributed by atoms with van der Waals surface area (Å²) in [6.07, 6.45) is -13.5. The predicted molar refractivity (Wildman–Crippen MR) is 56.6 cm³/mol. The first kappa shape index (κ1) is 18.8. The molecule has 0 fully saturated rings. The van der Waals surface area contributed by atoms with E-state index in [1.165, 1.54) is 0 Å². The Kier molecular flexibility index (Phi) is 6.06. The Labute approximate surface area is 111 Å². The number of rotatable bonds is 6. The van der Waals surface area contributed by atoms with Gasteiger partial charge >= 0.3 is 18.3 Å². The molecular weight excluding hydrogens is 294 g/mol. The molecule has 2 atom stereocenters. The van der Waals surface area contributed by atoms with E-state index in [4.69, 9.17) is 0 Å². The Bertz CT molecular complexity index is 349. The maximum Gasteiger partial charge on any atom is 0.417 e. The molecule has 1 N–H and O–H groups in total. The smallest absolute Gasteiger partial charge is 0.417 e. The monoisotopic (exact) mass is 308 g/mol. The molecule has 0 amide bonds. The van der Waals surface area contributed by atoms with Crippen LogP contribution in [0.1, 0.15) is 19.8 Å². The van der Waals surface area contributed by atoms with Crippen LogP contribution in [0.5, 0.6) is 0 Å². The summed E-state index contributed by atoms with van der Waals surface area (Å²) in [5, 5.41) is 9.27. The fourth-order valence-corrected chi connectivity index (χ4v) is 1.54. The second-order valence-corrected chi connectivity index (χ2v) is 4.46. The molecular formula is C11H14F6O3. The van der Waals surface area contributed by atoms with Gasteiger partial charge in [0, 0.05) is 6.08 Å². The molecule has 0 aromatic rings.